The summed E-state index contributed by atoms with van der Waals surface area (Å²) >= 11 is 2.06. The smallest absolute Gasteiger partial charge is 0.270 e. The number of nitro groups is 1. The van der Waals surface area contributed by atoms with Gasteiger partial charge in [0, 0.05) is 29.0 Å². The highest BCUT2D eigenvalue weighted by Crippen LogP contribution is 2.26. The van der Waals surface area contributed by atoms with Gasteiger partial charge < -0.3 is 10.1 Å². The van der Waals surface area contributed by atoms with E-state index in [9.17, 15) is 10.1 Å². The topological polar surface area (TPSA) is 82.2 Å². The molecule has 0 spiro atoms. The number of nitro benzene ring substituents is 1. The summed E-state index contributed by atoms with van der Waals surface area (Å²) in [5, 5.41) is 18.1. The van der Waals surface area contributed by atoms with Crippen LogP contribution in [-0.4, -0.2) is 28.4 Å². The Morgan fingerprint density at radius 1 is 1.55 bits per heavy atom. The number of anilines is 2. The summed E-state index contributed by atoms with van der Waals surface area (Å²) in [4.78, 5) is 10.3. The number of nitrogens with zero attached hydrogens (tertiary/aromatic N) is 3. The van der Waals surface area contributed by atoms with Crippen LogP contribution in [0.3, 0.4) is 0 Å². The van der Waals surface area contributed by atoms with Gasteiger partial charge in [-0.2, -0.15) is 5.10 Å². The first-order chi connectivity index (χ1) is 9.60. The van der Waals surface area contributed by atoms with Crippen LogP contribution in [0.15, 0.2) is 30.6 Å². The molecule has 0 saturated heterocycles. The summed E-state index contributed by atoms with van der Waals surface area (Å²) in [7, 11) is 1.64. The molecule has 0 fully saturated rings. The van der Waals surface area contributed by atoms with Gasteiger partial charge in [0.15, 0.2) is 0 Å². The quantitative estimate of drug-likeness (QED) is 0.468. The van der Waals surface area contributed by atoms with E-state index in [0.717, 1.165) is 14.9 Å². The number of non-ortho nitro benzene ring substituents is 1. The second-order valence-corrected chi connectivity index (χ2v) is 5.19. The standard InChI is InChI=1S/C12H13IN4O3/c1-20-5-4-16-8-9(7-14-16)15-12-3-2-10(17(18)19)6-11(12)13/h2-3,6-8,15H,4-5H2,1H3. The zero-order chi connectivity index (χ0) is 14.5. The predicted molar refractivity (Wildman–Crippen MR) is 83.2 cm³/mol. The Bertz CT molecular complexity index is 614. The monoisotopic (exact) mass is 388 g/mol. The minimum absolute atomic E-state index is 0.0794. The third kappa shape index (κ3) is 3.67. The Morgan fingerprint density at radius 3 is 3.00 bits per heavy atom. The fourth-order valence-electron chi connectivity index (χ4n) is 1.61. The van der Waals surface area contributed by atoms with Gasteiger partial charge >= 0.3 is 0 Å². The van der Waals surface area contributed by atoms with Gasteiger partial charge in [-0.1, -0.05) is 0 Å². The second kappa shape index (κ2) is 6.66. The van der Waals surface area contributed by atoms with Crippen molar-refractivity contribution in [2.24, 2.45) is 0 Å². The van der Waals surface area contributed by atoms with Crippen molar-refractivity contribution >= 4 is 39.7 Å². The van der Waals surface area contributed by atoms with Crippen molar-refractivity contribution < 1.29 is 9.66 Å². The maximum Gasteiger partial charge on any atom is 0.270 e. The summed E-state index contributed by atoms with van der Waals surface area (Å²) < 4.78 is 7.53. The Kier molecular flexibility index (Phi) is 4.90. The molecular formula is C12H13IN4O3. The van der Waals surface area contributed by atoms with Crippen LogP contribution in [0.5, 0.6) is 0 Å². The lowest BCUT2D eigenvalue weighted by atomic mass is 10.3. The van der Waals surface area contributed by atoms with E-state index in [2.05, 4.69) is 33.0 Å². The minimum Gasteiger partial charge on any atom is -0.383 e. The first-order valence-corrected chi connectivity index (χ1v) is 6.90. The SMILES string of the molecule is COCCn1cc(Nc2ccc([N+](=O)[O-])cc2I)cn1. The van der Waals surface area contributed by atoms with E-state index in [-0.39, 0.29) is 5.69 Å². The number of aromatic nitrogens is 2. The molecule has 0 unspecified atom stereocenters. The zero-order valence-electron chi connectivity index (χ0n) is 10.7. The van der Waals surface area contributed by atoms with Gasteiger partial charge in [-0.05, 0) is 28.7 Å². The zero-order valence-corrected chi connectivity index (χ0v) is 12.9. The molecule has 2 aromatic rings. The lowest BCUT2D eigenvalue weighted by Crippen LogP contribution is -2.03. The van der Waals surface area contributed by atoms with E-state index in [1.54, 1.807) is 24.1 Å². The average Bonchev–Trinajstić information content (AvgIpc) is 2.86. The maximum absolute atomic E-state index is 10.7. The van der Waals surface area contributed by atoms with Crippen LogP contribution in [0.4, 0.5) is 17.1 Å². The molecule has 8 heteroatoms. The molecule has 1 aromatic carbocycles. The molecule has 0 aliphatic rings. The molecule has 0 aliphatic heterocycles. The van der Waals surface area contributed by atoms with Crippen LogP contribution < -0.4 is 5.32 Å². The van der Waals surface area contributed by atoms with Crippen molar-refractivity contribution in [3.05, 3.63) is 44.3 Å². The van der Waals surface area contributed by atoms with Gasteiger partial charge in [-0.25, -0.2) is 0 Å². The summed E-state index contributed by atoms with van der Waals surface area (Å²) in [6.45, 7) is 1.27. The third-order valence-corrected chi connectivity index (χ3v) is 3.49. The van der Waals surface area contributed by atoms with Crippen molar-refractivity contribution in [3.63, 3.8) is 0 Å². The van der Waals surface area contributed by atoms with Gasteiger partial charge in [0.1, 0.15) is 0 Å². The molecule has 0 radical (unpaired) electrons. The predicted octanol–water partition coefficient (Wildman–Crippen LogP) is 2.79. The van der Waals surface area contributed by atoms with Gasteiger partial charge in [0.2, 0.25) is 0 Å². The maximum atomic E-state index is 10.7. The molecule has 0 bridgehead atoms. The summed E-state index contributed by atoms with van der Waals surface area (Å²) in [5.41, 5.74) is 1.71. The molecule has 106 valence electrons. The van der Waals surface area contributed by atoms with Crippen molar-refractivity contribution in [2.45, 2.75) is 6.54 Å². The normalized spacial score (nSPS) is 10.5. The Balaban J connectivity index is 2.09. The first kappa shape index (κ1) is 14.7. The van der Waals surface area contributed by atoms with E-state index in [1.807, 2.05) is 6.20 Å². The molecule has 20 heavy (non-hydrogen) atoms. The van der Waals surface area contributed by atoms with Crippen molar-refractivity contribution in [2.75, 3.05) is 19.0 Å². The Hall–Kier alpha value is -1.68. The van der Waals surface area contributed by atoms with E-state index in [0.29, 0.717) is 13.2 Å². The Labute approximate surface area is 129 Å². The number of halogens is 1. The van der Waals surface area contributed by atoms with Crippen molar-refractivity contribution in [1.29, 1.82) is 0 Å². The molecule has 0 atom stereocenters. The highest BCUT2D eigenvalue weighted by Gasteiger charge is 2.09. The van der Waals surface area contributed by atoms with Crippen molar-refractivity contribution in [1.82, 2.24) is 9.78 Å². The number of nitrogens with one attached hydrogen (secondary N) is 1. The lowest BCUT2D eigenvalue weighted by molar-refractivity contribution is -0.384. The molecular weight excluding hydrogens is 375 g/mol. The average molecular weight is 388 g/mol. The summed E-state index contributed by atoms with van der Waals surface area (Å²) in [5.74, 6) is 0. The fraction of sp³-hybridized carbons (Fsp3) is 0.250. The van der Waals surface area contributed by atoms with Gasteiger partial charge in [-0.15, -0.1) is 0 Å². The van der Waals surface area contributed by atoms with E-state index < -0.39 is 4.92 Å². The number of rotatable bonds is 6. The number of benzene rings is 1. The molecule has 1 N–H and O–H groups in total. The van der Waals surface area contributed by atoms with Gasteiger partial charge in [0.25, 0.3) is 5.69 Å². The van der Waals surface area contributed by atoms with Gasteiger partial charge in [0.05, 0.1) is 35.6 Å². The van der Waals surface area contributed by atoms with Crippen LogP contribution in [-0.2, 0) is 11.3 Å². The largest absolute Gasteiger partial charge is 0.383 e. The number of hydrogen-bond acceptors (Lipinski definition) is 5. The third-order valence-electron chi connectivity index (χ3n) is 2.60. The van der Waals surface area contributed by atoms with Crippen LogP contribution in [0.1, 0.15) is 0 Å². The number of hydrogen-bond donors (Lipinski definition) is 1. The molecule has 0 amide bonds. The van der Waals surface area contributed by atoms with Crippen molar-refractivity contribution in [3.8, 4) is 0 Å². The van der Waals surface area contributed by atoms with Crippen LogP contribution in [0.2, 0.25) is 0 Å². The molecule has 2 rings (SSSR count). The molecule has 1 aromatic heterocycles. The lowest BCUT2D eigenvalue weighted by Gasteiger charge is -2.05. The van der Waals surface area contributed by atoms with Crippen LogP contribution in [0.25, 0.3) is 0 Å². The van der Waals surface area contributed by atoms with Crippen LogP contribution in [0, 0.1) is 13.7 Å². The van der Waals surface area contributed by atoms with Gasteiger partial charge in [-0.3, -0.25) is 14.8 Å². The second-order valence-electron chi connectivity index (χ2n) is 4.03. The highest BCUT2D eigenvalue weighted by molar-refractivity contribution is 14.1. The fourth-order valence-corrected chi connectivity index (χ4v) is 2.24. The van der Waals surface area contributed by atoms with E-state index in [4.69, 9.17) is 4.74 Å². The minimum atomic E-state index is -0.408. The van der Waals surface area contributed by atoms with E-state index in [1.165, 1.54) is 12.1 Å². The van der Waals surface area contributed by atoms with E-state index >= 15 is 0 Å². The number of methoxy groups -OCH3 is 1. The summed E-state index contributed by atoms with van der Waals surface area (Å²) in [6.07, 6.45) is 3.56. The first-order valence-electron chi connectivity index (χ1n) is 5.82. The van der Waals surface area contributed by atoms with Crippen LogP contribution >= 0.6 is 22.6 Å². The molecule has 1 heterocycles. The summed E-state index contributed by atoms with van der Waals surface area (Å²) in [6, 6.07) is 4.69. The molecule has 7 nitrogen and oxygen atoms in total. The number of ether oxygens (including phenoxy) is 1. The Morgan fingerprint density at radius 2 is 2.35 bits per heavy atom. The highest BCUT2D eigenvalue weighted by atomic mass is 127. The molecule has 0 aliphatic carbocycles. The molecule has 0 saturated carbocycles.